The Morgan fingerprint density at radius 2 is 0.486 bits per heavy atom. The van der Waals surface area contributed by atoms with E-state index in [1.165, 1.54) is 238 Å². The van der Waals surface area contributed by atoms with Crippen molar-refractivity contribution in [2.75, 3.05) is 0 Å². The van der Waals surface area contributed by atoms with Gasteiger partial charge in [-0.3, -0.25) is 0 Å². The van der Waals surface area contributed by atoms with Crippen molar-refractivity contribution in [3.63, 3.8) is 0 Å². The molecule has 656 valence electrons. The van der Waals surface area contributed by atoms with E-state index < -0.39 is 10.8 Å². The molecule has 0 fully saturated rings. The second kappa shape index (κ2) is 33.6. The van der Waals surface area contributed by atoms with E-state index in [-0.39, 0.29) is 5.92 Å². The van der Waals surface area contributed by atoms with Crippen molar-refractivity contribution in [3.8, 4) is 95.0 Å². The van der Waals surface area contributed by atoms with Gasteiger partial charge in [-0.05, 0) is 258 Å². The summed E-state index contributed by atoms with van der Waals surface area (Å²) in [5.74, 6) is 0.139. The van der Waals surface area contributed by atoms with Crippen LogP contribution in [0.25, 0.3) is 160 Å². The molecule has 0 saturated carbocycles. The predicted octanol–water partition coefficient (Wildman–Crippen LogP) is 34.4. The molecule has 22 aromatic carbocycles. The minimum atomic E-state index is -0.522. The number of fused-ring (bicyclic) bond motifs is 20. The minimum Gasteiger partial charge on any atom is -0.309 e. The second-order valence-corrected chi connectivity index (χ2v) is 37.9. The number of hydrogen-bond donors (Lipinski definition) is 0. The first kappa shape index (κ1) is 81.8. The summed E-state index contributed by atoms with van der Waals surface area (Å²) in [6.07, 6.45) is 1.85. The highest BCUT2D eigenvalue weighted by atomic mass is 15.0. The van der Waals surface area contributed by atoms with Gasteiger partial charge in [0.2, 0.25) is 0 Å². The van der Waals surface area contributed by atoms with E-state index >= 15 is 0 Å². The molecule has 3 heterocycles. The summed E-state index contributed by atoms with van der Waals surface area (Å²) in [6.45, 7) is 0. The van der Waals surface area contributed by atoms with Gasteiger partial charge in [0.05, 0.1) is 43.9 Å². The van der Waals surface area contributed by atoms with E-state index in [1.54, 1.807) is 0 Å². The first-order valence-corrected chi connectivity index (χ1v) is 48.9. The third-order valence-corrected chi connectivity index (χ3v) is 30.6. The van der Waals surface area contributed by atoms with Crippen molar-refractivity contribution in [2.24, 2.45) is 0 Å². The molecule has 3 aromatic heterocycles. The van der Waals surface area contributed by atoms with Gasteiger partial charge in [-0.15, -0.1) is 0 Å². The summed E-state index contributed by atoms with van der Waals surface area (Å²) in [7, 11) is 0. The van der Waals surface area contributed by atoms with Crippen LogP contribution in [-0.2, 0) is 23.7 Å². The van der Waals surface area contributed by atoms with Gasteiger partial charge in [-0.2, -0.15) is 0 Å². The van der Waals surface area contributed by atoms with Crippen molar-refractivity contribution < 1.29 is 0 Å². The fraction of sp³-hybridized carbons (Fsp3) is 0.0365. The minimum absolute atomic E-state index is 0.139. The van der Waals surface area contributed by atoms with E-state index in [0.29, 0.717) is 0 Å². The maximum Gasteiger partial charge on any atom is 0.0701 e. The summed E-state index contributed by atoms with van der Waals surface area (Å²) in [5.41, 5.74) is 47.1. The molecule has 3 aliphatic carbocycles. The number of benzene rings is 22. The maximum absolute atomic E-state index is 2.53. The van der Waals surface area contributed by atoms with Gasteiger partial charge in [-0.1, -0.05) is 437 Å². The zero-order valence-corrected chi connectivity index (χ0v) is 77.1. The average Bonchev–Trinajstić information content (AvgIpc) is 1.33. The smallest absolute Gasteiger partial charge is 0.0701 e. The van der Waals surface area contributed by atoms with E-state index in [1.807, 2.05) is 0 Å². The molecule has 1 atom stereocenters. The summed E-state index contributed by atoms with van der Waals surface area (Å²) >= 11 is 0. The van der Waals surface area contributed by atoms with Crippen LogP contribution < -0.4 is 0 Å². The molecule has 1 unspecified atom stereocenters. The third-order valence-electron chi connectivity index (χ3n) is 30.6. The van der Waals surface area contributed by atoms with E-state index in [2.05, 4.69) is 548 Å². The molecule has 25 aromatic rings. The largest absolute Gasteiger partial charge is 0.309 e. The molecule has 0 bridgehead atoms. The lowest BCUT2D eigenvalue weighted by atomic mass is 9.65. The lowest BCUT2D eigenvalue weighted by Gasteiger charge is -2.37. The molecule has 0 aliphatic heterocycles. The van der Waals surface area contributed by atoms with Crippen LogP contribution in [0.4, 0.5) is 0 Å². The fourth-order valence-corrected chi connectivity index (χ4v) is 24.4. The van der Waals surface area contributed by atoms with E-state index in [0.717, 1.165) is 18.5 Å². The molecular weight excluding hydrogens is 1690 g/mol. The van der Waals surface area contributed by atoms with Gasteiger partial charge in [0.1, 0.15) is 0 Å². The number of para-hydroxylation sites is 3. The number of aromatic nitrogens is 3. The average molecular weight is 1780 g/mol. The SMILES string of the molecule is c1ccc(-n2c3ccc(-c4ccc5c(c4)-c4ccccc4C5c4ccc(-c5cccc(C(c6ccccc6)(c6ccccc6)c6ccccc6)c5)cc4)cc3c3ccc4c(c32)Cc2ccccc2-4)cc1.c1ccc(-n2c3ccccc3c3cc(-c4ccc5c(c4)c4ccc6c(c4n5-c4ccc(-c5cccc(C(c7ccccc7)(c7ccccc7)c7ccccc7)c5)cc4)Cc4ccccc4-6)ccc32)cc1. The number of hydrogen-bond acceptors (Lipinski definition) is 0. The molecule has 3 heteroatoms. The van der Waals surface area contributed by atoms with Crippen LogP contribution in [0.1, 0.15) is 89.4 Å². The Labute approximate surface area is 815 Å². The molecule has 140 heavy (non-hydrogen) atoms. The van der Waals surface area contributed by atoms with Crippen LogP contribution in [0.3, 0.4) is 0 Å². The Hall–Kier alpha value is -17.8. The highest BCUT2D eigenvalue weighted by Gasteiger charge is 2.41. The number of nitrogens with zero attached hydrogens (tertiary/aromatic N) is 3. The molecule has 0 spiro atoms. The zero-order chi connectivity index (χ0) is 92.4. The Bertz CT molecular complexity index is 8920. The first-order valence-electron chi connectivity index (χ1n) is 48.9. The zero-order valence-electron chi connectivity index (χ0n) is 77.1. The molecule has 0 saturated heterocycles. The monoisotopic (exact) mass is 1780 g/mol. The maximum atomic E-state index is 2.53. The van der Waals surface area contributed by atoms with Crippen LogP contribution in [0.2, 0.25) is 0 Å². The highest BCUT2D eigenvalue weighted by molar-refractivity contribution is 6.16. The Kier molecular flexibility index (Phi) is 19.7. The highest BCUT2D eigenvalue weighted by Crippen LogP contribution is 2.55. The van der Waals surface area contributed by atoms with Gasteiger partial charge < -0.3 is 13.7 Å². The fourth-order valence-electron chi connectivity index (χ4n) is 24.4. The van der Waals surface area contributed by atoms with Crippen LogP contribution in [0.15, 0.2) is 534 Å². The standard InChI is InChI=1S/C69H47N.C68H46N2/c1-5-20-52(21-6-1)69(53-22-7-2-8-23-53,54-24-9-3-10-25-54)55-26-17-19-48(42-55)46-32-34-47(35-33-46)67-60-31-16-15-30-58(60)63-43-49(36-38-61(63)67)50-37-41-66-64(44-50)62-40-39-59-57-29-14-13-18-51(57)45-65(59)68(62)70(66)56-27-11-4-12-28-56;1-5-20-51(21-6-1)68(52-22-7-2-8-23-52,53-24-9-3-10-25-53)54-26-17-19-47(42-54)46-32-36-56(37-33-46)70-66-41-35-49(44-62(66)60-39-38-58-57-29-14-13-18-50(57)45-63(58)67(60)70)48-34-40-65-61(43-48)59-30-15-16-31-64(59)69(65)55-27-11-4-12-28-55/h1-44,67H,45H2;1-44H,45H2. The van der Waals surface area contributed by atoms with E-state index in [4.69, 9.17) is 0 Å². The topological polar surface area (TPSA) is 14.8 Å². The van der Waals surface area contributed by atoms with Gasteiger partial charge >= 0.3 is 0 Å². The molecule has 28 rings (SSSR count). The van der Waals surface area contributed by atoms with Gasteiger partial charge in [0.25, 0.3) is 0 Å². The number of rotatable bonds is 16. The van der Waals surface area contributed by atoms with Gasteiger partial charge in [-0.25, -0.2) is 0 Å². The van der Waals surface area contributed by atoms with Crippen LogP contribution >= 0.6 is 0 Å². The van der Waals surface area contributed by atoms with Gasteiger partial charge in [0.15, 0.2) is 0 Å². The quantitative estimate of drug-likeness (QED) is 0.0857. The van der Waals surface area contributed by atoms with Crippen molar-refractivity contribution in [3.05, 3.63) is 617 Å². The summed E-state index contributed by atoms with van der Waals surface area (Å²) < 4.78 is 7.42. The Balaban J connectivity index is 0.000000141. The van der Waals surface area contributed by atoms with Crippen molar-refractivity contribution in [1.29, 1.82) is 0 Å². The third kappa shape index (κ3) is 13.2. The van der Waals surface area contributed by atoms with Crippen LogP contribution in [0, 0.1) is 0 Å². The Morgan fingerprint density at radius 3 is 0.936 bits per heavy atom. The summed E-state index contributed by atoms with van der Waals surface area (Å²) in [5, 5.41) is 7.64. The lowest BCUT2D eigenvalue weighted by Crippen LogP contribution is -2.31. The first-order chi connectivity index (χ1) is 69.4. The van der Waals surface area contributed by atoms with Crippen LogP contribution in [0.5, 0.6) is 0 Å². The van der Waals surface area contributed by atoms with Crippen molar-refractivity contribution in [1.82, 2.24) is 13.7 Å². The molecule has 0 amide bonds. The molecule has 0 radical (unpaired) electrons. The second-order valence-electron chi connectivity index (χ2n) is 37.9. The molecule has 0 N–H and O–H groups in total. The normalized spacial score (nSPS) is 12.9. The molecule has 3 aliphatic rings. The van der Waals surface area contributed by atoms with Crippen molar-refractivity contribution >= 4 is 65.4 Å². The van der Waals surface area contributed by atoms with E-state index in [9.17, 15) is 0 Å². The Morgan fingerprint density at radius 1 is 0.171 bits per heavy atom. The lowest BCUT2D eigenvalue weighted by molar-refractivity contribution is 0.745. The summed E-state index contributed by atoms with van der Waals surface area (Å²) in [6, 6.07) is 198. The molecular formula is C137H93N3. The molecule has 3 nitrogen and oxygen atoms in total. The predicted molar refractivity (Wildman–Crippen MR) is 584 cm³/mol. The summed E-state index contributed by atoms with van der Waals surface area (Å²) in [4.78, 5) is 0. The van der Waals surface area contributed by atoms with Crippen molar-refractivity contribution in [2.45, 2.75) is 29.6 Å². The van der Waals surface area contributed by atoms with Crippen LogP contribution in [-0.4, -0.2) is 13.7 Å². The van der Waals surface area contributed by atoms with Gasteiger partial charge in [0, 0.05) is 68.1 Å².